The number of nitrogens with one attached hydrogen (secondary N) is 2. The highest BCUT2D eigenvalue weighted by atomic mass is 35.5. The average Bonchev–Trinajstić information content (AvgIpc) is 2.52. The second-order valence-electron chi connectivity index (χ2n) is 4.78. The van der Waals surface area contributed by atoms with Gasteiger partial charge in [-0.3, -0.25) is 4.79 Å². The molecule has 0 aromatic heterocycles. The number of benzene rings is 2. The Morgan fingerprint density at radius 2 is 1.67 bits per heavy atom. The molecule has 1 amide bonds. The molecule has 0 unspecified atom stereocenters. The SMILES string of the molecule is O=C(CNc1ccccc1Cl)Nc1ccccc1OCC(F)(F)F. The van der Waals surface area contributed by atoms with Crippen molar-refractivity contribution < 1.29 is 22.7 Å². The zero-order valence-corrected chi connectivity index (χ0v) is 13.1. The molecular formula is C16H14ClF3N2O2. The van der Waals surface area contributed by atoms with Crippen LogP contribution in [0.4, 0.5) is 24.5 Å². The molecule has 8 heteroatoms. The largest absolute Gasteiger partial charge is 0.482 e. The van der Waals surface area contributed by atoms with Crippen molar-refractivity contribution in [2.24, 2.45) is 0 Å². The van der Waals surface area contributed by atoms with Gasteiger partial charge >= 0.3 is 6.18 Å². The van der Waals surface area contributed by atoms with E-state index in [-0.39, 0.29) is 18.0 Å². The Bertz CT molecular complexity index is 708. The Kier molecular flexibility index (Phi) is 5.92. The number of halogens is 4. The van der Waals surface area contributed by atoms with Gasteiger partial charge in [-0.25, -0.2) is 0 Å². The first-order valence-corrected chi connectivity index (χ1v) is 7.30. The van der Waals surface area contributed by atoms with Gasteiger partial charge in [-0.2, -0.15) is 13.2 Å². The van der Waals surface area contributed by atoms with Crippen molar-refractivity contribution in [3.8, 4) is 5.75 Å². The van der Waals surface area contributed by atoms with E-state index in [1.165, 1.54) is 18.2 Å². The molecule has 0 aliphatic heterocycles. The summed E-state index contributed by atoms with van der Waals surface area (Å²) in [5.41, 5.74) is 0.739. The molecule has 2 N–H and O–H groups in total. The minimum absolute atomic E-state index is 0.0547. The lowest BCUT2D eigenvalue weighted by atomic mass is 10.3. The summed E-state index contributed by atoms with van der Waals surface area (Å²) in [4.78, 5) is 12.0. The Morgan fingerprint density at radius 1 is 1.04 bits per heavy atom. The second kappa shape index (κ2) is 7.92. The van der Waals surface area contributed by atoms with Crippen LogP contribution in [0.1, 0.15) is 0 Å². The van der Waals surface area contributed by atoms with Crippen LogP contribution in [0.15, 0.2) is 48.5 Å². The van der Waals surface area contributed by atoms with Crippen LogP contribution < -0.4 is 15.4 Å². The van der Waals surface area contributed by atoms with Gasteiger partial charge in [-0.1, -0.05) is 35.9 Å². The van der Waals surface area contributed by atoms with Crippen LogP contribution in [0.5, 0.6) is 5.75 Å². The molecule has 0 aliphatic rings. The van der Waals surface area contributed by atoms with Crippen LogP contribution in [0.3, 0.4) is 0 Å². The van der Waals surface area contributed by atoms with E-state index in [0.29, 0.717) is 10.7 Å². The quantitative estimate of drug-likeness (QED) is 0.808. The molecule has 0 radical (unpaired) electrons. The Morgan fingerprint density at radius 3 is 2.33 bits per heavy atom. The number of hydrogen-bond donors (Lipinski definition) is 2. The second-order valence-corrected chi connectivity index (χ2v) is 5.19. The van der Waals surface area contributed by atoms with Crippen molar-refractivity contribution in [1.82, 2.24) is 0 Å². The fraction of sp³-hybridized carbons (Fsp3) is 0.188. The molecule has 0 bridgehead atoms. The maximum absolute atomic E-state index is 12.2. The molecule has 2 aromatic carbocycles. The van der Waals surface area contributed by atoms with Crippen LogP contribution in [0, 0.1) is 0 Å². The molecule has 128 valence electrons. The summed E-state index contributed by atoms with van der Waals surface area (Å²) in [6, 6.07) is 12.8. The number of ether oxygens (including phenoxy) is 1. The number of carbonyl (C=O) groups is 1. The Hall–Kier alpha value is -2.41. The van der Waals surface area contributed by atoms with Gasteiger partial charge in [0.2, 0.25) is 5.91 Å². The zero-order valence-electron chi connectivity index (χ0n) is 12.4. The smallest absolute Gasteiger partial charge is 0.422 e. The lowest BCUT2D eigenvalue weighted by Gasteiger charge is -2.14. The van der Waals surface area contributed by atoms with Crippen molar-refractivity contribution in [2.45, 2.75) is 6.18 Å². The van der Waals surface area contributed by atoms with Gasteiger partial charge in [0.1, 0.15) is 5.75 Å². The molecule has 0 fully saturated rings. The third kappa shape index (κ3) is 5.66. The van der Waals surface area contributed by atoms with Gasteiger partial charge in [0.15, 0.2) is 6.61 Å². The first-order valence-electron chi connectivity index (χ1n) is 6.92. The summed E-state index contributed by atoms with van der Waals surface area (Å²) in [5, 5.41) is 5.80. The minimum Gasteiger partial charge on any atom is -0.482 e. The molecule has 0 aliphatic carbocycles. The molecule has 24 heavy (non-hydrogen) atoms. The molecule has 0 saturated heterocycles. The van der Waals surface area contributed by atoms with Crippen molar-refractivity contribution >= 4 is 28.9 Å². The highest BCUT2D eigenvalue weighted by Crippen LogP contribution is 2.26. The average molecular weight is 359 g/mol. The van der Waals surface area contributed by atoms with Crippen molar-refractivity contribution in [2.75, 3.05) is 23.8 Å². The summed E-state index contributed by atoms with van der Waals surface area (Å²) >= 11 is 5.96. The van der Waals surface area contributed by atoms with Crippen molar-refractivity contribution in [3.05, 3.63) is 53.6 Å². The summed E-state index contributed by atoms with van der Waals surface area (Å²) in [6.45, 7) is -1.53. The topological polar surface area (TPSA) is 50.4 Å². The fourth-order valence-corrected chi connectivity index (χ4v) is 2.03. The summed E-state index contributed by atoms with van der Waals surface area (Å²) < 4.78 is 41.4. The van der Waals surface area contributed by atoms with Crippen LogP contribution in [-0.4, -0.2) is 25.2 Å². The molecule has 2 aromatic rings. The normalized spacial score (nSPS) is 11.0. The Balaban J connectivity index is 1.95. The van der Waals surface area contributed by atoms with Gasteiger partial charge in [-0.15, -0.1) is 0 Å². The molecule has 0 saturated carbocycles. The lowest BCUT2D eigenvalue weighted by molar-refractivity contribution is -0.153. The van der Waals surface area contributed by atoms with Crippen molar-refractivity contribution in [1.29, 1.82) is 0 Å². The Labute approximate surface area is 141 Å². The minimum atomic E-state index is -4.46. The standard InChI is InChI=1S/C16H14ClF3N2O2/c17-11-5-1-2-6-12(11)21-9-15(23)22-13-7-3-4-8-14(13)24-10-16(18,19)20/h1-8,21H,9-10H2,(H,22,23). The van der Waals surface area contributed by atoms with E-state index in [9.17, 15) is 18.0 Å². The zero-order chi connectivity index (χ0) is 17.6. The molecule has 0 heterocycles. The molecule has 0 spiro atoms. The van der Waals surface area contributed by atoms with Crippen molar-refractivity contribution in [3.63, 3.8) is 0 Å². The molecule has 2 rings (SSSR count). The van der Waals surface area contributed by atoms with Gasteiger partial charge < -0.3 is 15.4 Å². The van der Waals surface area contributed by atoms with Gasteiger partial charge in [-0.05, 0) is 24.3 Å². The van der Waals surface area contributed by atoms with E-state index in [1.807, 2.05) is 0 Å². The van der Waals surface area contributed by atoms with Gasteiger partial charge in [0.25, 0.3) is 0 Å². The van der Waals surface area contributed by atoms with E-state index in [2.05, 4.69) is 10.6 Å². The third-order valence-electron chi connectivity index (χ3n) is 2.87. The number of rotatable bonds is 6. The number of carbonyl (C=O) groups excluding carboxylic acids is 1. The first-order chi connectivity index (χ1) is 11.3. The lowest BCUT2D eigenvalue weighted by Crippen LogP contribution is -2.23. The number of amides is 1. The van der Waals surface area contributed by atoms with E-state index >= 15 is 0 Å². The molecule has 0 atom stereocenters. The number of hydrogen-bond acceptors (Lipinski definition) is 3. The molecule has 4 nitrogen and oxygen atoms in total. The van der Waals surface area contributed by atoms with Crippen LogP contribution >= 0.6 is 11.6 Å². The van der Waals surface area contributed by atoms with Crippen LogP contribution in [0.2, 0.25) is 5.02 Å². The predicted molar refractivity (Wildman–Crippen MR) is 86.6 cm³/mol. The highest BCUT2D eigenvalue weighted by Gasteiger charge is 2.28. The maximum Gasteiger partial charge on any atom is 0.422 e. The number of anilines is 2. The first kappa shape index (κ1) is 17.9. The van der Waals surface area contributed by atoms with E-state index in [1.54, 1.807) is 30.3 Å². The number of alkyl halides is 3. The van der Waals surface area contributed by atoms with Gasteiger partial charge in [0.05, 0.1) is 22.9 Å². The van der Waals surface area contributed by atoms with E-state index in [0.717, 1.165) is 0 Å². The molecular weight excluding hydrogens is 345 g/mol. The summed E-state index contributed by atoms with van der Waals surface area (Å²) in [7, 11) is 0. The van der Waals surface area contributed by atoms with Crippen LogP contribution in [-0.2, 0) is 4.79 Å². The van der Waals surface area contributed by atoms with E-state index < -0.39 is 18.7 Å². The summed E-state index contributed by atoms with van der Waals surface area (Å²) in [5.74, 6) is -0.501. The third-order valence-corrected chi connectivity index (χ3v) is 3.20. The maximum atomic E-state index is 12.2. The summed E-state index contributed by atoms with van der Waals surface area (Å²) in [6.07, 6.45) is -4.46. The number of para-hydroxylation sites is 3. The van der Waals surface area contributed by atoms with Gasteiger partial charge in [0, 0.05) is 0 Å². The van der Waals surface area contributed by atoms with Crippen LogP contribution in [0.25, 0.3) is 0 Å². The van der Waals surface area contributed by atoms with E-state index in [4.69, 9.17) is 16.3 Å². The highest BCUT2D eigenvalue weighted by molar-refractivity contribution is 6.33. The predicted octanol–water partition coefficient (Wildman–Crippen LogP) is 4.33. The monoisotopic (exact) mass is 358 g/mol. The fourth-order valence-electron chi connectivity index (χ4n) is 1.83.